The number of ether oxygens (including phenoxy) is 2. The van der Waals surface area contributed by atoms with E-state index in [0.29, 0.717) is 24.3 Å². The lowest BCUT2D eigenvalue weighted by molar-refractivity contribution is -0.376. The second-order valence-corrected chi connectivity index (χ2v) is 10.1. The largest absolute Gasteiger partial charge is 0.491 e. The van der Waals surface area contributed by atoms with Crippen LogP contribution < -0.4 is 15.2 Å². The molecule has 2 aromatic rings. The van der Waals surface area contributed by atoms with Crippen LogP contribution in [-0.2, 0) is 17.6 Å². The van der Waals surface area contributed by atoms with E-state index in [0.717, 1.165) is 11.6 Å². The van der Waals surface area contributed by atoms with Crippen molar-refractivity contribution in [1.82, 2.24) is 5.01 Å². The monoisotopic (exact) mass is 591 g/mol. The molecular weight excluding hydrogens is 556 g/mol. The van der Waals surface area contributed by atoms with E-state index in [9.17, 15) is 36.4 Å². The molecule has 2 rings (SSSR count). The van der Waals surface area contributed by atoms with Crippen molar-refractivity contribution < 1.29 is 40.9 Å². The molecule has 0 aliphatic heterocycles. The highest BCUT2D eigenvalue weighted by Crippen LogP contribution is 2.50. The molecule has 2 aromatic carbocycles. The number of aryl methyl sites for hydroxylation is 1. The lowest BCUT2D eigenvalue weighted by atomic mass is 9.90. The minimum atomic E-state index is -5.98. The Morgan fingerprint density at radius 1 is 1.00 bits per heavy atom. The number of nitroso groups, excluding NO2 is 1. The van der Waals surface area contributed by atoms with E-state index < -0.39 is 29.1 Å². The maximum Gasteiger partial charge on any atom is 0.430 e. The molecule has 0 heterocycles. The van der Waals surface area contributed by atoms with Gasteiger partial charge in [0.25, 0.3) is 5.60 Å². The number of nitrogens with two attached hydrogens (primary N) is 1. The van der Waals surface area contributed by atoms with Crippen LogP contribution in [0, 0.1) is 4.91 Å². The summed E-state index contributed by atoms with van der Waals surface area (Å²) in [5.74, 6) is 0.748. The number of nitrogens with zero attached hydrogens (tertiary/aromatic N) is 2. The Bertz CT molecular complexity index is 1150. The summed E-state index contributed by atoms with van der Waals surface area (Å²) in [7, 11) is 0. The fourth-order valence-corrected chi connectivity index (χ4v) is 4.08. The van der Waals surface area contributed by atoms with Crippen LogP contribution in [0.15, 0.2) is 59.9 Å². The molecule has 1 atom stereocenters. The maximum absolute atomic E-state index is 13.3. The van der Waals surface area contributed by atoms with Crippen molar-refractivity contribution in [2.45, 2.75) is 70.1 Å². The van der Waals surface area contributed by atoms with Crippen molar-refractivity contribution in [3.8, 4) is 11.5 Å². The van der Waals surface area contributed by atoms with E-state index in [1.54, 1.807) is 44.2 Å². The highest BCUT2D eigenvalue weighted by atomic mass is 19.4. The van der Waals surface area contributed by atoms with Gasteiger partial charge in [-0.25, -0.2) is 0 Å². The first-order chi connectivity index (χ1) is 19.0. The molecule has 3 N–H and O–H groups in total. The van der Waals surface area contributed by atoms with Crippen LogP contribution >= 0.6 is 0 Å². The molecule has 0 spiro atoms. The van der Waals surface area contributed by atoms with Crippen LogP contribution in [0.4, 0.5) is 26.3 Å². The van der Waals surface area contributed by atoms with Gasteiger partial charge in [-0.3, -0.25) is 5.01 Å². The first-order valence-corrected chi connectivity index (χ1v) is 12.9. The van der Waals surface area contributed by atoms with E-state index in [2.05, 4.69) is 5.29 Å². The average molecular weight is 592 g/mol. The highest BCUT2D eigenvalue weighted by molar-refractivity contribution is 5.41. The fraction of sp³-hybridized carbons (Fsp3) is 0.500. The van der Waals surface area contributed by atoms with Crippen LogP contribution in [0.1, 0.15) is 50.8 Å². The molecule has 0 fully saturated rings. The standard InChI is InChI=1S/C28H35F6N3O4/c1-5-8-20-17-22(26(38,27(29,30)31)28(32,33)34)11-14-24(20)40-16-7-6-15-37(36-39)18-25(4,35)21-9-12-23(13-10-21)41-19(2)3/h6-7,9-14,17,19,38H,5,8,15-16,18,35H2,1-4H3/b7-6-. The molecule has 41 heavy (non-hydrogen) atoms. The minimum Gasteiger partial charge on any atom is -0.491 e. The lowest BCUT2D eigenvalue weighted by Crippen LogP contribution is -2.53. The van der Waals surface area contributed by atoms with Gasteiger partial charge in [0.1, 0.15) is 18.1 Å². The molecule has 0 bridgehead atoms. The Kier molecular flexibility index (Phi) is 11.2. The van der Waals surface area contributed by atoms with Gasteiger partial charge in [-0.15, -0.1) is 4.91 Å². The van der Waals surface area contributed by atoms with E-state index in [-0.39, 0.29) is 43.5 Å². The second-order valence-electron chi connectivity index (χ2n) is 10.1. The molecule has 0 amide bonds. The molecule has 7 nitrogen and oxygen atoms in total. The number of rotatable bonds is 14. The molecule has 0 aliphatic carbocycles. The summed E-state index contributed by atoms with van der Waals surface area (Å²) in [6.45, 7) is 7.30. The van der Waals surface area contributed by atoms with E-state index >= 15 is 0 Å². The van der Waals surface area contributed by atoms with Gasteiger partial charge in [0.15, 0.2) is 0 Å². The molecule has 228 valence electrons. The van der Waals surface area contributed by atoms with Crippen molar-refractivity contribution in [3.63, 3.8) is 0 Å². The maximum atomic E-state index is 13.3. The van der Waals surface area contributed by atoms with Gasteiger partial charge in [-0.2, -0.15) is 26.3 Å². The van der Waals surface area contributed by atoms with E-state index in [1.807, 2.05) is 13.8 Å². The SMILES string of the molecule is CCCc1cc(C(O)(C(F)(F)F)C(F)(F)F)ccc1OC/C=C\CN(CC(C)(N)c1ccc(OC(C)C)cc1)N=O. The molecular formula is C28H35F6N3O4. The first kappa shape index (κ1) is 33.9. The zero-order valence-electron chi connectivity index (χ0n) is 23.2. The summed E-state index contributed by atoms with van der Waals surface area (Å²) in [6, 6.07) is 9.33. The predicted molar refractivity (Wildman–Crippen MR) is 142 cm³/mol. The van der Waals surface area contributed by atoms with Crippen LogP contribution in [-0.4, -0.2) is 48.3 Å². The topological polar surface area (TPSA) is 97.4 Å². The second kappa shape index (κ2) is 13.6. The van der Waals surface area contributed by atoms with Gasteiger partial charge in [0.05, 0.1) is 30.0 Å². The number of alkyl halides is 6. The zero-order valence-corrected chi connectivity index (χ0v) is 23.2. The highest BCUT2D eigenvalue weighted by Gasteiger charge is 2.71. The normalized spacial score (nSPS) is 14.3. The zero-order chi connectivity index (χ0) is 31.1. The third kappa shape index (κ3) is 8.59. The predicted octanol–water partition coefficient (Wildman–Crippen LogP) is 6.53. The molecule has 13 heteroatoms. The van der Waals surface area contributed by atoms with Gasteiger partial charge in [0, 0.05) is 5.56 Å². The summed E-state index contributed by atoms with van der Waals surface area (Å²) in [6.07, 6.45) is -8.35. The summed E-state index contributed by atoms with van der Waals surface area (Å²) in [5, 5.41) is 13.9. The van der Waals surface area contributed by atoms with E-state index in [4.69, 9.17) is 15.2 Å². The van der Waals surface area contributed by atoms with Gasteiger partial charge >= 0.3 is 12.4 Å². The van der Waals surface area contributed by atoms with Crippen molar-refractivity contribution in [2.24, 2.45) is 11.0 Å². The smallest absolute Gasteiger partial charge is 0.430 e. The molecule has 0 radical (unpaired) electrons. The Balaban J connectivity index is 2.07. The number of aliphatic hydroxyl groups is 1. The van der Waals surface area contributed by atoms with Crippen LogP contribution in [0.3, 0.4) is 0 Å². The molecule has 0 saturated carbocycles. The Labute approximate surface area is 234 Å². The van der Waals surface area contributed by atoms with Crippen molar-refractivity contribution in [3.05, 3.63) is 76.2 Å². The molecule has 0 aliphatic rings. The van der Waals surface area contributed by atoms with Gasteiger partial charge in [-0.05, 0) is 68.7 Å². The van der Waals surface area contributed by atoms with Gasteiger partial charge in [0.2, 0.25) is 0 Å². The van der Waals surface area contributed by atoms with Crippen LogP contribution in [0.2, 0.25) is 0 Å². The Morgan fingerprint density at radius 2 is 1.59 bits per heavy atom. The summed E-state index contributed by atoms with van der Waals surface area (Å²) in [4.78, 5) is 11.4. The van der Waals surface area contributed by atoms with Crippen molar-refractivity contribution in [2.75, 3.05) is 19.7 Å². The lowest BCUT2D eigenvalue weighted by Gasteiger charge is -2.33. The average Bonchev–Trinajstić information content (AvgIpc) is 2.86. The Hall–Kier alpha value is -3.32. The summed E-state index contributed by atoms with van der Waals surface area (Å²) in [5.41, 5.74) is -0.0412. The number of hydrogen-bond donors (Lipinski definition) is 2. The summed E-state index contributed by atoms with van der Waals surface area (Å²) < 4.78 is 90.9. The summed E-state index contributed by atoms with van der Waals surface area (Å²) >= 11 is 0. The van der Waals surface area contributed by atoms with Crippen LogP contribution in [0.25, 0.3) is 0 Å². The number of halogens is 6. The van der Waals surface area contributed by atoms with Crippen molar-refractivity contribution >= 4 is 0 Å². The first-order valence-electron chi connectivity index (χ1n) is 12.9. The third-order valence-electron chi connectivity index (χ3n) is 6.15. The van der Waals surface area contributed by atoms with E-state index in [1.165, 1.54) is 11.1 Å². The van der Waals surface area contributed by atoms with Gasteiger partial charge < -0.3 is 20.3 Å². The minimum absolute atomic E-state index is 0.0111. The quantitative estimate of drug-likeness (QED) is 0.112. The molecule has 0 aromatic heterocycles. The molecule has 0 saturated heterocycles. The fourth-order valence-electron chi connectivity index (χ4n) is 4.08. The third-order valence-corrected chi connectivity index (χ3v) is 6.15. The van der Waals surface area contributed by atoms with Crippen molar-refractivity contribution in [1.29, 1.82) is 0 Å². The molecule has 1 unspecified atom stereocenters. The van der Waals surface area contributed by atoms with Gasteiger partial charge in [-0.1, -0.05) is 37.6 Å². The Morgan fingerprint density at radius 3 is 2.10 bits per heavy atom. The number of benzene rings is 2. The number of hydrogen-bond acceptors (Lipinski definition) is 6. The van der Waals surface area contributed by atoms with Crippen LogP contribution in [0.5, 0.6) is 11.5 Å².